The average molecular weight is 170 g/mol. The van der Waals surface area contributed by atoms with Crippen LogP contribution >= 0.6 is 0 Å². The van der Waals surface area contributed by atoms with Crippen molar-refractivity contribution in [3.63, 3.8) is 0 Å². The lowest BCUT2D eigenvalue weighted by Gasteiger charge is -2.11. The van der Waals surface area contributed by atoms with Gasteiger partial charge in [0.15, 0.2) is 0 Å². The number of carbonyl (C=O) groups is 1. The van der Waals surface area contributed by atoms with Gasteiger partial charge in [-0.1, -0.05) is 13.8 Å². The van der Waals surface area contributed by atoms with Crippen molar-refractivity contribution in [1.82, 2.24) is 5.32 Å². The summed E-state index contributed by atoms with van der Waals surface area (Å²) in [7, 11) is 1.28. The number of hydrogen-bond acceptors (Lipinski definition) is 3. The van der Waals surface area contributed by atoms with Gasteiger partial charge in [-0.25, -0.2) is 4.79 Å². The van der Waals surface area contributed by atoms with Gasteiger partial charge in [0.25, 0.3) is 0 Å². The van der Waals surface area contributed by atoms with Crippen LogP contribution in [0.2, 0.25) is 0 Å². The highest BCUT2D eigenvalue weighted by Gasteiger charge is 2.12. The van der Waals surface area contributed by atoms with Gasteiger partial charge >= 0.3 is 6.09 Å². The third-order valence-corrected chi connectivity index (χ3v) is 1.34. The fourth-order valence-electron chi connectivity index (χ4n) is 0.816. The number of ether oxygens (including phenoxy) is 1. The predicted octanol–water partition coefficient (Wildman–Crippen LogP) is 1.28. The van der Waals surface area contributed by atoms with Crippen molar-refractivity contribution < 1.29 is 9.53 Å². The lowest BCUT2D eigenvalue weighted by Crippen LogP contribution is -2.34. The van der Waals surface area contributed by atoms with Crippen LogP contribution in [0.1, 0.15) is 20.3 Å². The van der Waals surface area contributed by atoms with E-state index in [1.54, 1.807) is 0 Å². The molecule has 0 aliphatic rings. The molecule has 0 saturated carbocycles. The molecule has 0 saturated heterocycles. The summed E-state index contributed by atoms with van der Waals surface area (Å²) in [5.74, 6) is 0.381. The quantitative estimate of drug-likeness (QED) is 0.694. The molecule has 68 valence electrons. The molecule has 0 heterocycles. The van der Waals surface area contributed by atoms with Gasteiger partial charge in [0, 0.05) is 0 Å². The van der Waals surface area contributed by atoms with Crippen LogP contribution in [0.15, 0.2) is 0 Å². The van der Waals surface area contributed by atoms with Crippen molar-refractivity contribution in [3.05, 3.63) is 0 Å². The number of hydrogen-bond donors (Lipinski definition) is 1. The molecule has 4 heteroatoms. The van der Waals surface area contributed by atoms with Crippen molar-refractivity contribution >= 4 is 6.09 Å². The molecule has 0 bridgehead atoms. The van der Waals surface area contributed by atoms with Crippen molar-refractivity contribution in [2.45, 2.75) is 26.3 Å². The molecular weight excluding hydrogens is 156 g/mol. The molecule has 0 unspecified atom stereocenters. The smallest absolute Gasteiger partial charge is 0.407 e. The second-order valence-electron chi connectivity index (χ2n) is 2.95. The maximum Gasteiger partial charge on any atom is 0.407 e. The molecule has 0 aromatic heterocycles. The summed E-state index contributed by atoms with van der Waals surface area (Å²) in [6, 6.07) is 1.54. The first-order chi connectivity index (χ1) is 5.60. The Morgan fingerprint density at radius 2 is 2.25 bits per heavy atom. The summed E-state index contributed by atoms with van der Waals surface area (Å²) in [6.07, 6.45) is 0.0909. The SMILES string of the molecule is COC(=O)N[C@H](C#N)CC(C)C. The Labute approximate surface area is 72.5 Å². The Morgan fingerprint density at radius 1 is 1.67 bits per heavy atom. The molecule has 0 aromatic carbocycles. The standard InChI is InChI=1S/C8H14N2O2/c1-6(2)4-7(5-9)10-8(11)12-3/h6-7H,4H2,1-3H3,(H,10,11)/t7-/m0/s1. The highest BCUT2D eigenvalue weighted by molar-refractivity contribution is 5.67. The van der Waals surface area contributed by atoms with Crippen LogP contribution in [0, 0.1) is 17.2 Å². The van der Waals surface area contributed by atoms with Crippen LogP contribution in [0.3, 0.4) is 0 Å². The zero-order chi connectivity index (χ0) is 9.56. The highest BCUT2D eigenvalue weighted by Crippen LogP contribution is 2.03. The molecule has 0 aliphatic carbocycles. The maximum atomic E-state index is 10.7. The number of rotatable bonds is 3. The van der Waals surface area contributed by atoms with Crippen LogP contribution in [0.25, 0.3) is 0 Å². The number of nitriles is 1. The molecule has 0 spiro atoms. The van der Waals surface area contributed by atoms with Crippen molar-refractivity contribution in [2.24, 2.45) is 5.92 Å². The van der Waals surface area contributed by atoms with E-state index in [2.05, 4.69) is 10.1 Å². The van der Waals surface area contributed by atoms with Gasteiger partial charge in [-0.3, -0.25) is 0 Å². The summed E-state index contributed by atoms with van der Waals surface area (Å²) in [5.41, 5.74) is 0. The van der Waals surface area contributed by atoms with E-state index in [9.17, 15) is 4.79 Å². The Balaban J connectivity index is 3.85. The minimum absolute atomic E-state index is 0.381. The molecule has 0 fully saturated rings. The third kappa shape index (κ3) is 4.56. The molecule has 4 nitrogen and oxygen atoms in total. The lowest BCUT2D eigenvalue weighted by molar-refractivity contribution is 0.168. The summed E-state index contributed by atoms with van der Waals surface area (Å²) in [6.45, 7) is 3.98. The number of amides is 1. The molecular formula is C8H14N2O2. The normalized spacial score (nSPS) is 11.9. The first-order valence-corrected chi connectivity index (χ1v) is 3.84. The fraction of sp³-hybridized carbons (Fsp3) is 0.750. The van der Waals surface area contributed by atoms with Gasteiger partial charge in [-0.2, -0.15) is 5.26 Å². The molecule has 1 amide bonds. The van der Waals surface area contributed by atoms with E-state index in [0.29, 0.717) is 12.3 Å². The van der Waals surface area contributed by atoms with E-state index in [1.165, 1.54) is 7.11 Å². The fourth-order valence-corrected chi connectivity index (χ4v) is 0.816. The first kappa shape index (κ1) is 10.8. The predicted molar refractivity (Wildman–Crippen MR) is 44.4 cm³/mol. The van der Waals surface area contributed by atoms with Crippen molar-refractivity contribution in [2.75, 3.05) is 7.11 Å². The lowest BCUT2D eigenvalue weighted by atomic mass is 10.1. The van der Waals surface area contributed by atoms with Crippen molar-refractivity contribution in [3.8, 4) is 6.07 Å². The van der Waals surface area contributed by atoms with E-state index in [4.69, 9.17) is 5.26 Å². The minimum atomic E-state index is -0.554. The van der Waals surface area contributed by atoms with E-state index in [-0.39, 0.29) is 0 Å². The Bertz CT molecular complexity index is 184. The van der Waals surface area contributed by atoms with Crippen LogP contribution in [0.5, 0.6) is 0 Å². The van der Waals surface area contributed by atoms with Crippen LogP contribution in [-0.4, -0.2) is 19.2 Å². The monoisotopic (exact) mass is 170 g/mol. The zero-order valence-electron chi connectivity index (χ0n) is 7.63. The van der Waals surface area contributed by atoms with Gasteiger partial charge < -0.3 is 10.1 Å². The summed E-state index contributed by atoms with van der Waals surface area (Å²) in [4.78, 5) is 10.7. The summed E-state index contributed by atoms with van der Waals surface area (Å²) in [5, 5.41) is 11.0. The summed E-state index contributed by atoms with van der Waals surface area (Å²) < 4.78 is 4.36. The average Bonchev–Trinajstić information content (AvgIpc) is 2.02. The second-order valence-corrected chi connectivity index (χ2v) is 2.95. The largest absolute Gasteiger partial charge is 0.453 e. The van der Waals surface area contributed by atoms with Crippen LogP contribution in [0.4, 0.5) is 4.79 Å². The molecule has 0 aromatic rings. The topological polar surface area (TPSA) is 62.1 Å². The van der Waals surface area contributed by atoms with Gasteiger partial charge in [-0.05, 0) is 12.3 Å². The van der Waals surface area contributed by atoms with Crippen molar-refractivity contribution in [1.29, 1.82) is 5.26 Å². The number of nitrogens with zero attached hydrogens (tertiary/aromatic N) is 1. The number of methoxy groups -OCH3 is 1. The maximum absolute atomic E-state index is 10.7. The molecule has 0 radical (unpaired) electrons. The molecule has 0 aliphatic heterocycles. The molecule has 0 rings (SSSR count). The van der Waals surface area contributed by atoms with Crippen LogP contribution < -0.4 is 5.32 Å². The first-order valence-electron chi connectivity index (χ1n) is 3.84. The Morgan fingerprint density at radius 3 is 2.58 bits per heavy atom. The van der Waals surface area contributed by atoms with Gasteiger partial charge in [0.2, 0.25) is 0 Å². The van der Waals surface area contributed by atoms with E-state index >= 15 is 0 Å². The minimum Gasteiger partial charge on any atom is -0.453 e. The van der Waals surface area contributed by atoms with E-state index in [1.807, 2.05) is 19.9 Å². The second kappa shape index (κ2) is 5.42. The Hall–Kier alpha value is -1.24. The number of carbonyl (C=O) groups excluding carboxylic acids is 1. The van der Waals surface area contributed by atoms with E-state index in [0.717, 1.165) is 0 Å². The van der Waals surface area contributed by atoms with Crippen LogP contribution in [-0.2, 0) is 4.74 Å². The number of nitrogens with one attached hydrogen (secondary N) is 1. The van der Waals surface area contributed by atoms with Gasteiger partial charge in [0.1, 0.15) is 6.04 Å². The zero-order valence-corrected chi connectivity index (χ0v) is 7.63. The molecule has 1 N–H and O–H groups in total. The third-order valence-electron chi connectivity index (χ3n) is 1.34. The van der Waals surface area contributed by atoms with Gasteiger partial charge in [0.05, 0.1) is 13.2 Å². The Kier molecular flexibility index (Phi) is 4.86. The number of alkyl carbamates (subject to hydrolysis) is 1. The molecule has 1 atom stereocenters. The molecule has 12 heavy (non-hydrogen) atoms. The summed E-state index contributed by atoms with van der Waals surface area (Å²) >= 11 is 0. The van der Waals surface area contributed by atoms with E-state index < -0.39 is 12.1 Å². The van der Waals surface area contributed by atoms with Gasteiger partial charge in [-0.15, -0.1) is 0 Å². The highest BCUT2D eigenvalue weighted by atomic mass is 16.5.